The average Bonchev–Trinajstić information content (AvgIpc) is 2.91. The third-order valence-electron chi connectivity index (χ3n) is 3.17. The van der Waals surface area contributed by atoms with Gasteiger partial charge in [0.2, 0.25) is 5.91 Å². The standard InChI is InChI=1S/C15H12F5N3O4S/c16-11(17)6-27-9-3-7(1-2-8(9)15(18,19)20)5-21-23-14-22-13(26)10(28-14)4-12(24)25/h1-3,5,10-11H,4,6H2,(H,24,25)(H,22,23,26). The molecule has 0 radical (unpaired) electrons. The summed E-state index contributed by atoms with van der Waals surface area (Å²) in [7, 11) is 0. The van der Waals surface area contributed by atoms with Gasteiger partial charge in [-0.05, 0) is 17.7 Å². The van der Waals surface area contributed by atoms with E-state index < -0.39 is 54.1 Å². The monoisotopic (exact) mass is 425 g/mol. The Kier molecular flexibility index (Phi) is 6.94. The fraction of sp³-hybridized carbons (Fsp3) is 0.333. The van der Waals surface area contributed by atoms with Crippen LogP contribution in [0.3, 0.4) is 0 Å². The second kappa shape index (κ2) is 8.99. The number of amides is 1. The molecule has 152 valence electrons. The van der Waals surface area contributed by atoms with E-state index in [1.165, 1.54) is 0 Å². The first-order chi connectivity index (χ1) is 13.1. The van der Waals surface area contributed by atoms with Crippen LogP contribution >= 0.6 is 11.8 Å². The molecule has 0 aromatic heterocycles. The molecule has 1 unspecified atom stereocenters. The van der Waals surface area contributed by atoms with Gasteiger partial charge in [0.1, 0.15) is 17.6 Å². The Balaban J connectivity index is 2.14. The molecule has 7 nitrogen and oxygen atoms in total. The number of nitrogens with one attached hydrogen (secondary N) is 1. The maximum Gasteiger partial charge on any atom is 0.419 e. The van der Waals surface area contributed by atoms with Crippen LogP contribution in [0.15, 0.2) is 28.4 Å². The highest BCUT2D eigenvalue weighted by molar-refractivity contribution is 8.15. The molecule has 0 aliphatic carbocycles. The number of benzene rings is 1. The maximum atomic E-state index is 12.9. The highest BCUT2D eigenvalue weighted by Gasteiger charge is 2.35. The van der Waals surface area contributed by atoms with E-state index in [1.54, 1.807) is 0 Å². The molecule has 1 amide bonds. The normalized spacial score (nSPS) is 18.9. The lowest BCUT2D eigenvalue weighted by molar-refractivity contribution is -0.139. The van der Waals surface area contributed by atoms with Gasteiger partial charge < -0.3 is 15.2 Å². The van der Waals surface area contributed by atoms with Gasteiger partial charge >= 0.3 is 12.1 Å². The predicted octanol–water partition coefficient (Wildman–Crippen LogP) is 2.75. The van der Waals surface area contributed by atoms with Gasteiger partial charge in [-0.15, -0.1) is 5.10 Å². The summed E-state index contributed by atoms with van der Waals surface area (Å²) >= 11 is 0.841. The summed E-state index contributed by atoms with van der Waals surface area (Å²) in [6.07, 6.45) is -7.13. The molecule has 1 heterocycles. The third-order valence-corrected chi connectivity index (χ3v) is 4.24. The van der Waals surface area contributed by atoms with Crippen LogP contribution in [0, 0.1) is 0 Å². The largest absolute Gasteiger partial charge is 0.487 e. The van der Waals surface area contributed by atoms with Crippen molar-refractivity contribution in [3.8, 4) is 5.75 Å². The Morgan fingerprint density at radius 2 is 2.11 bits per heavy atom. The predicted molar refractivity (Wildman–Crippen MR) is 89.7 cm³/mol. The van der Waals surface area contributed by atoms with Gasteiger partial charge in [0, 0.05) is 0 Å². The number of hydrogen-bond donors (Lipinski definition) is 2. The van der Waals surface area contributed by atoms with Gasteiger partial charge in [0.15, 0.2) is 5.17 Å². The molecule has 0 saturated carbocycles. The number of carboxylic acid groups (broad SMARTS) is 1. The molecule has 0 bridgehead atoms. The van der Waals surface area contributed by atoms with E-state index in [4.69, 9.17) is 5.11 Å². The quantitative estimate of drug-likeness (QED) is 0.398. The highest BCUT2D eigenvalue weighted by Crippen LogP contribution is 2.36. The van der Waals surface area contributed by atoms with Crippen molar-refractivity contribution in [1.82, 2.24) is 5.32 Å². The Morgan fingerprint density at radius 1 is 1.39 bits per heavy atom. The fourth-order valence-electron chi connectivity index (χ4n) is 2.02. The van der Waals surface area contributed by atoms with Crippen molar-refractivity contribution in [2.24, 2.45) is 10.2 Å². The fourth-order valence-corrected chi connectivity index (χ4v) is 2.93. The molecule has 28 heavy (non-hydrogen) atoms. The maximum absolute atomic E-state index is 12.9. The van der Waals surface area contributed by atoms with E-state index >= 15 is 0 Å². The zero-order valence-electron chi connectivity index (χ0n) is 13.7. The van der Waals surface area contributed by atoms with Crippen molar-refractivity contribution in [2.75, 3.05) is 6.61 Å². The first kappa shape index (κ1) is 21.6. The summed E-state index contributed by atoms with van der Waals surface area (Å²) in [5, 5.41) is 17.4. The molecule has 2 N–H and O–H groups in total. The van der Waals surface area contributed by atoms with Gasteiger partial charge in [-0.2, -0.15) is 18.3 Å². The van der Waals surface area contributed by atoms with E-state index in [9.17, 15) is 31.5 Å². The Bertz CT molecular complexity index is 813. The van der Waals surface area contributed by atoms with Gasteiger partial charge in [-0.25, -0.2) is 8.78 Å². The lowest BCUT2D eigenvalue weighted by atomic mass is 10.1. The number of rotatable bonds is 7. The van der Waals surface area contributed by atoms with E-state index in [2.05, 4.69) is 20.3 Å². The second-order valence-electron chi connectivity index (χ2n) is 5.30. The molecule has 1 fully saturated rings. The van der Waals surface area contributed by atoms with Crippen LogP contribution in [-0.2, 0) is 15.8 Å². The summed E-state index contributed by atoms with van der Waals surface area (Å²) in [5.41, 5.74) is -1.13. The van der Waals surface area contributed by atoms with Crippen molar-refractivity contribution in [3.63, 3.8) is 0 Å². The van der Waals surface area contributed by atoms with E-state index in [1.807, 2.05) is 0 Å². The smallest absolute Gasteiger partial charge is 0.419 e. The number of thioether (sulfide) groups is 1. The van der Waals surface area contributed by atoms with E-state index in [-0.39, 0.29) is 10.7 Å². The van der Waals surface area contributed by atoms with Gasteiger partial charge in [-0.1, -0.05) is 17.8 Å². The van der Waals surface area contributed by atoms with Crippen molar-refractivity contribution in [3.05, 3.63) is 29.3 Å². The summed E-state index contributed by atoms with van der Waals surface area (Å²) in [6, 6.07) is 2.57. The van der Waals surface area contributed by atoms with Crippen LogP contribution in [-0.4, -0.2) is 46.6 Å². The topological polar surface area (TPSA) is 100 Å². The van der Waals surface area contributed by atoms with Crippen LogP contribution < -0.4 is 10.1 Å². The molecular formula is C15H12F5N3O4S. The number of halogens is 5. The molecule has 1 saturated heterocycles. The molecule has 1 aliphatic rings. The van der Waals surface area contributed by atoms with Gasteiger partial charge in [0.25, 0.3) is 6.43 Å². The van der Waals surface area contributed by atoms with Crippen molar-refractivity contribution >= 4 is 35.0 Å². The lowest BCUT2D eigenvalue weighted by Crippen LogP contribution is -2.26. The van der Waals surface area contributed by atoms with Crippen molar-refractivity contribution < 1.29 is 41.4 Å². The number of alkyl halides is 5. The zero-order valence-corrected chi connectivity index (χ0v) is 14.6. The molecule has 1 aliphatic heterocycles. The first-order valence-electron chi connectivity index (χ1n) is 7.49. The number of carbonyl (C=O) groups excluding carboxylic acids is 1. The number of aliphatic carboxylic acids is 1. The number of carboxylic acids is 1. The first-order valence-corrected chi connectivity index (χ1v) is 8.36. The number of nitrogens with zero attached hydrogens (tertiary/aromatic N) is 2. The van der Waals surface area contributed by atoms with Crippen LogP contribution in [0.4, 0.5) is 22.0 Å². The number of carbonyl (C=O) groups is 2. The lowest BCUT2D eigenvalue weighted by Gasteiger charge is -2.14. The minimum atomic E-state index is -4.79. The van der Waals surface area contributed by atoms with E-state index in [0.717, 1.165) is 30.1 Å². The van der Waals surface area contributed by atoms with Crippen LogP contribution in [0.25, 0.3) is 0 Å². The van der Waals surface area contributed by atoms with Crippen LogP contribution in [0.1, 0.15) is 17.5 Å². The Labute approximate surface area is 158 Å². The van der Waals surface area contributed by atoms with E-state index in [0.29, 0.717) is 6.07 Å². The number of amidine groups is 1. The molecule has 0 spiro atoms. The summed E-state index contributed by atoms with van der Waals surface area (Å²) in [5.74, 6) is -2.51. The van der Waals surface area contributed by atoms with Crippen LogP contribution in [0.5, 0.6) is 5.75 Å². The molecule has 1 aromatic carbocycles. The summed E-state index contributed by atoms with van der Waals surface area (Å²) in [4.78, 5) is 22.2. The van der Waals surface area contributed by atoms with Crippen molar-refractivity contribution in [2.45, 2.75) is 24.3 Å². The molecule has 1 aromatic rings. The zero-order chi connectivity index (χ0) is 20.9. The summed E-state index contributed by atoms with van der Waals surface area (Å²) in [6.45, 7) is -1.21. The minimum Gasteiger partial charge on any atom is -0.487 e. The third kappa shape index (κ3) is 6.18. The second-order valence-corrected chi connectivity index (χ2v) is 6.49. The molecular weight excluding hydrogens is 413 g/mol. The number of hydrogen-bond acceptors (Lipinski definition) is 6. The summed E-state index contributed by atoms with van der Waals surface area (Å²) < 4.78 is 67.8. The highest BCUT2D eigenvalue weighted by atomic mass is 32.2. The molecule has 2 rings (SSSR count). The van der Waals surface area contributed by atoms with Crippen LogP contribution in [0.2, 0.25) is 0 Å². The minimum absolute atomic E-state index is 0.0218. The molecule has 1 atom stereocenters. The average molecular weight is 425 g/mol. The number of ether oxygens (including phenoxy) is 1. The van der Waals surface area contributed by atoms with Gasteiger partial charge in [-0.3, -0.25) is 9.59 Å². The SMILES string of the molecule is O=C(O)CC1SC(=NN=Cc2ccc(C(F)(F)F)c(OCC(F)F)c2)NC1=O. The van der Waals surface area contributed by atoms with Crippen molar-refractivity contribution in [1.29, 1.82) is 0 Å². The molecule has 13 heteroatoms. The van der Waals surface area contributed by atoms with Gasteiger partial charge in [0.05, 0.1) is 18.2 Å². The Morgan fingerprint density at radius 3 is 2.71 bits per heavy atom. The Hall–Kier alpha value is -2.70.